The Morgan fingerprint density at radius 1 is 1.11 bits per heavy atom. The van der Waals surface area contributed by atoms with Gasteiger partial charge in [-0.2, -0.15) is 0 Å². The van der Waals surface area contributed by atoms with Crippen molar-refractivity contribution in [2.24, 2.45) is 0 Å². The second-order valence-electron chi connectivity index (χ2n) is 8.03. The summed E-state index contributed by atoms with van der Waals surface area (Å²) in [5.41, 5.74) is 1.03. The van der Waals surface area contributed by atoms with Crippen LogP contribution in [0.3, 0.4) is 0 Å². The van der Waals surface area contributed by atoms with Crippen molar-refractivity contribution < 1.29 is 28.7 Å². The largest absolute Gasteiger partial charge is 0.493 e. The van der Waals surface area contributed by atoms with Gasteiger partial charge in [0.1, 0.15) is 12.3 Å². The molecule has 1 aliphatic rings. The lowest BCUT2D eigenvalue weighted by atomic mass is 10.2. The van der Waals surface area contributed by atoms with E-state index in [1.54, 1.807) is 18.2 Å². The first-order valence-corrected chi connectivity index (χ1v) is 13.7. The predicted octanol–water partition coefficient (Wildman–Crippen LogP) is 6.52. The van der Waals surface area contributed by atoms with Crippen molar-refractivity contribution in [2.45, 2.75) is 33.1 Å². The highest BCUT2D eigenvalue weighted by Crippen LogP contribution is 2.35. The average Bonchev–Trinajstić information content (AvgIpc) is 3.12. The van der Waals surface area contributed by atoms with Crippen LogP contribution < -0.4 is 10.1 Å². The van der Waals surface area contributed by atoms with Crippen LogP contribution >= 0.6 is 39.3 Å². The fourth-order valence-corrected chi connectivity index (χ4v) is 4.65. The van der Waals surface area contributed by atoms with Gasteiger partial charge in [-0.3, -0.25) is 19.3 Å². The van der Waals surface area contributed by atoms with E-state index in [9.17, 15) is 19.2 Å². The quantitative estimate of drug-likeness (QED) is 0.176. The van der Waals surface area contributed by atoms with Gasteiger partial charge in [0.15, 0.2) is 0 Å². The van der Waals surface area contributed by atoms with Crippen molar-refractivity contribution in [3.05, 3.63) is 61.9 Å². The number of thioether (sulfide) groups is 1. The van der Waals surface area contributed by atoms with Crippen LogP contribution in [-0.2, 0) is 14.3 Å². The number of anilines is 1. The third-order valence-corrected chi connectivity index (χ3v) is 6.83. The van der Waals surface area contributed by atoms with Crippen LogP contribution in [0.4, 0.5) is 10.5 Å². The van der Waals surface area contributed by atoms with E-state index < -0.39 is 29.6 Å². The minimum atomic E-state index is -0.606. The van der Waals surface area contributed by atoms with Crippen LogP contribution in [0, 0.1) is 0 Å². The predicted molar refractivity (Wildman–Crippen MR) is 148 cm³/mol. The number of imide groups is 1. The summed E-state index contributed by atoms with van der Waals surface area (Å²) in [5, 5.41) is 2.22. The molecule has 1 fully saturated rings. The summed E-state index contributed by atoms with van der Waals surface area (Å²) in [5.74, 6) is -1.20. The number of nitrogens with zero attached hydrogens (tertiary/aromatic N) is 1. The molecule has 0 aromatic heterocycles. The molecule has 0 unspecified atom stereocenters. The van der Waals surface area contributed by atoms with Gasteiger partial charge >= 0.3 is 5.97 Å². The molecule has 1 saturated heterocycles. The topological polar surface area (TPSA) is 102 Å². The van der Waals surface area contributed by atoms with E-state index in [4.69, 9.17) is 21.1 Å². The highest BCUT2D eigenvalue weighted by molar-refractivity contribution is 9.10. The van der Waals surface area contributed by atoms with Crippen LogP contribution in [0.2, 0.25) is 5.02 Å². The monoisotopic (exact) mass is 608 g/mol. The maximum Gasteiger partial charge on any atom is 0.339 e. The molecule has 1 N–H and O–H groups in total. The average molecular weight is 610 g/mol. The molecule has 2 aromatic rings. The molecule has 0 saturated carbocycles. The van der Waals surface area contributed by atoms with E-state index in [0.29, 0.717) is 17.9 Å². The molecule has 0 aliphatic carbocycles. The van der Waals surface area contributed by atoms with E-state index in [0.717, 1.165) is 40.4 Å². The fraction of sp³-hybridized carbons (Fsp3) is 0.308. The second kappa shape index (κ2) is 13.6. The van der Waals surface area contributed by atoms with E-state index in [-0.39, 0.29) is 27.8 Å². The number of benzene rings is 2. The Morgan fingerprint density at radius 2 is 1.89 bits per heavy atom. The van der Waals surface area contributed by atoms with E-state index in [1.165, 1.54) is 18.2 Å². The number of amides is 3. The highest BCUT2D eigenvalue weighted by Gasteiger charge is 2.36. The molecule has 0 spiro atoms. The van der Waals surface area contributed by atoms with Gasteiger partial charge < -0.3 is 14.8 Å². The maximum atomic E-state index is 12.9. The van der Waals surface area contributed by atoms with Crippen LogP contribution in [0.25, 0.3) is 6.08 Å². The molecule has 2 aromatic carbocycles. The minimum absolute atomic E-state index is 0.111. The Hall–Kier alpha value is -2.82. The van der Waals surface area contributed by atoms with Gasteiger partial charge in [-0.25, -0.2) is 4.79 Å². The molecule has 0 atom stereocenters. The number of nitrogens with one attached hydrogen (secondary N) is 1. The molecule has 11 heteroatoms. The van der Waals surface area contributed by atoms with Crippen molar-refractivity contribution in [1.29, 1.82) is 0 Å². The molecule has 196 valence electrons. The van der Waals surface area contributed by atoms with Gasteiger partial charge in [0, 0.05) is 15.7 Å². The molecule has 37 heavy (non-hydrogen) atoms. The lowest BCUT2D eigenvalue weighted by molar-refractivity contribution is -0.127. The summed E-state index contributed by atoms with van der Waals surface area (Å²) < 4.78 is 11.7. The summed E-state index contributed by atoms with van der Waals surface area (Å²) in [6.07, 6.45) is 3.99. The number of ether oxygens (including phenoxy) is 2. The van der Waals surface area contributed by atoms with E-state index in [1.807, 2.05) is 19.9 Å². The summed E-state index contributed by atoms with van der Waals surface area (Å²) >= 11 is 10.3. The van der Waals surface area contributed by atoms with Crippen molar-refractivity contribution in [3.63, 3.8) is 0 Å². The summed E-state index contributed by atoms with van der Waals surface area (Å²) in [7, 11) is 0. The SMILES string of the molecule is CCCCOC(=O)c1cc(NC(=O)CN2C(=O)S/C(=C/c3cc(Br)ccc3OCCC)C2=O)ccc1Cl. The first kappa shape index (κ1) is 28.7. The standard InChI is InChI=1S/C26H26BrClN2O6S/c1-3-5-11-36-25(33)19-14-18(7-8-20(19)28)29-23(31)15-30-24(32)22(37-26(30)34)13-16-12-17(27)6-9-21(16)35-10-4-2/h6-9,12-14H,3-5,10-11,15H2,1-2H3,(H,29,31)/b22-13+. The first-order valence-electron chi connectivity index (χ1n) is 11.7. The Morgan fingerprint density at radius 3 is 2.62 bits per heavy atom. The number of rotatable bonds is 11. The molecule has 1 heterocycles. The minimum Gasteiger partial charge on any atom is -0.493 e. The molecule has 8 nitrogen and oxygen atoms in total. The smallest absolute Gasteiger partial charge is 0.339 e. The number of unbranched alkanes of at least 4 members (excludes halogenated alkanes) is 1. The van der Waals surface area contributed by atoms with Gasteiger partial charge in [0.05, 0.1) is 28.7 Å². The zero-order valence-corrected chi connectivity index (χ0v) is 23.5. The lowest BCUT2D eigenvalue weighted by Gasteiger charge is -2.13. The molecule has 1 aliphatic heterocycles. The number of esters is 1. The zero-order valence-electron chi connectivity index (χ0n) is 20.3. The normalized spacial score (nSPS) is 14.3. The second-order valence-corrected chi connectivity index (χ2v) is 10.3. The Bertz CT molecular complexity index is 1240. The first-order chi connectivity index (χ1) is 17.7. The van der Waals surface area contributed by atoms with Gasteiger partial charge in [-0.15, -0.1) is 0 Å². The highest BCUT2D eigenvalue weighted by atomic mass is 79.9. The number of halogens is 2. The van der Waals surface area contributed by atoms with Crippen molar-refractivity contribution >= 4 is 74.1 Å². The van der Waals surface area contributed by atoms with Crippen LogP contribution in [0.5, 0.6) is 5.75 Å². The summed E-state index contributed by atoms with van der Waals surface area (Å²) in [6.45, 7) is 4.25. The van der Waals surface area contributed by atoms with Crippen LogP contribution in [-0.4, -0.2) is 47.7 Å². The van der Waals surface area contributed by atoms with Crippen LogP contribution in [0.1, 0.15) is 49.0 Å². The zero-order chi connectivity index (χ0) is 26.9. The van der Waals surface area contributed by atoms with Gasteiger partial charge in [0.25, 0.3) is 11.1 Å². The fourth-order valence-electron chi connectivity index (χ4n) is 3.24. The number of carbonyl (C=O) groups is 4. The van der Waals surface area contributed by atoms with Gasteiger partial charge in [-0.05, 0) is 67.1 Å². The Labute approximate surface area is 232 Å². The summed E-state index contributed by atoms with van der Waals surface area (Å²) in [6, 6.07) is 9.77. The molecular weight excluding hydrogens is 584 g/mol. The third kappa shape index (κ3) is 7.83. The van der Waals surface area contributed by atoms with Crippen molar-refractivity contribution in [3.8, 4) is 5.75 Å². The molecule has 3 amide bonds. The summed E-state index contributed by atoms with van der Waals surface area (Å²) in [4.78, 5) is 51.5. The molecular formula is C26H26BrClN2O6S. The molecule has 0 bridgehead atoms. The van der Waals surface area contributed by atoms with Crippen LogP contribution in [0.15, 0.2) is 45.8 Å². The van der Waals surface area contributed by atoms with E-state index in [2.05, 4.69) is 21.2 Å². The van der Waals surface area contributed by atoms with Gasteiger partial charge in [0.2, 0.25) is 5.91 Å². The van der Waals surface area contributed by atoms with Crippen molar-refractivity contribution in [2.75, 3.05) is 25.1 Å². The lowest BCUT2D eigenvalue weighted by Crippen LogP contribution is -2.36. The Kier molecular flexibility index (Phi) is 10.6. The maximum absolute atomic E-state index is 12.9. The Balaban J connectivity index is 1.69. The molecule has 0 radical (unpaired) electrons. The number of carbonyl (C=O) groups excluding carboxylic acids is 4. The number of hydrogen-bond acceptors (Lipinski definition) is 7. The third-order valence-electron chi connectivity index (χ3n) is 5.10. The van der Waals surface area contributed by atoms with E-state index >= 15 is 0 Å². The van der Waals surface area contributed by atoms with Crippen molar-refractivity contribution in [1.82, 2.24) is 4.90 Å². The number of hydrogen-bond donors (Lipinski definition) is 1. The molecule has 3 rings (SSSR count). The van der Waals surface area contributed by atoms with Gasteiger partial charge in [-0.1, -0.05) is 47.8 Å².